The van der Waals surface area contributed by atoms with Crippen molar-refractivity contribution >= 4 is 11.8 Å². The fourth-order valence-corrected chi connectivity index (χ4v) is 2.95. The Morgan fingerprint density at radius 1 is 1.08 bits per heavy atom. The molecule has 1 aliphatic rings. The Bertz CT molecular complexity index is 705. The summed E-state index contributed by atoms with van der Waals surface area (Å²) in [7, 11) is 0. The molecule has 0 unspecified atom stereocenters. The van der Waals surface area contributed by atoms with Crippen molar-refractivity contribution in [1.29, 1.82) is 0 Å². The van der Waals surface area contributed by atoms with Gasteiger partial charge in [0.05, 0.1) is 0 Å². The van der Waals surface area contributed by atoms with Crippen LogP contribution in [-0.2, 0) is 11.3 Å². The van der Waals surface area contributed by atoms with Gasteiger partial charge < -0.3 is 10.6 Å². The average molecular weight is 324 g/mol. The van der Waals surface area contributed by atoms with E-state index in [0.29, 0.717) is 25.3 Å². The molecule has 0 bridgehead atoms. The highest BCUT2D eigenvalue weighted by Crippen LogP contribution is 2.15. The Kier molecular flexibility index (Phi) is 4.86. The van der Waals surface area contributed by atoms with Gasteiger partial charge in [-0.1, -0.05) is 36.4 Å². The van der Waals surface area contributed by atoms with Crippen LogP contribution in [0.4, 0.5) is 0 Å². The van der Waals surface area contributed by atoms with Crippen molar-refractivity contribution in [2.45, 2.75) is 12.6 Å². The maximum atomic E-state index is 12.6. The van der Waals surface area contributed by atoms with Gasteiger partial charge in [-0.3, -0.25) is 19.5 Å². The summed E-state index contributed by atoms with van der Waals surface area (Å²) in [5, 5.41) is 0. The van der Waals surface area contributed by atoms with Crippen LogP contribution >= 0.6 is 0 Å². The number of primary amides is 1. The van der Waals surface area contributed by atoms with E-state index in [4.69, 9.17) is 5.73 Å². The standard InChI is InChI=1S/C18H20N4O2/c19-17(23)16-13-21(12-14-6-2-1-3-7-14)10-11-22(16)18(24)15-8-4-5-9-20-15/h1-9,16H,10-13H2,(H2,19,23)/t16-/m0/s1. The minimum Gasteiger partial charge on any atom is -0.368 e. The molecular weight excluding hydrogens is 304 g/mol. The number of benzene rings is 1. The van der Waals surface area contributed by atoms with Crippen LogP contribution < -0.4 is 5.73 Å². The number of pyridine rings is 1. The van der Waals surface area contributed by atoms with Crippen LogP contribution in [0.15, 0.2) is 54.7 Å². The zero-order valence-electron chi connectivity index (χ0n) is 13.3. The molecule has 0 saturated carbocycles. The van der Waals surface area contributed by atoms with Crippen LogP contribution in [0.5, 0.6) is 0 Å². The van der Waals surface area contributed by atoms with Crippen molar-refractivity contribution in [3.05, 3.63) is 66.0 Å². The van der Waals surface area contributed by atoms with E-state index in [1.54, 1.807) is 24.4 Å². The Balaban J connectivity index is 1.72. The van der Waals surface area contributed by atoms with Crippen molar-refractivity contribution < 1.29 is 9.59 Å². The average Bonchev–Trinajstić information content (AvgIpc) is 2.62. The summed E-state index contributed by atoms with van der Waals surface area (Å²) in [6, 6.07) is 14.6. The third-order valence-electron chi connectivity index (χ3n) is 4.19. The molecule has 1 aromatic heterocycles. The molecule has 2 amide bonds. The molecule has 6 heteroatoms. The van der Waals surface area contributed by atoms with Crippen LogP contribution in [0.25, 0.3) is 0 Å². The molecule has 1 aliphatic heterocycles. The second kappa shape index (κ2) is 7.23. The van der Waals surface area contributed by atoms with Gasteiger partial charge in [0.1, 0.15) is 11.7 Å². The Morgan fingerprint density at radius 2 is 1.83 bits per heavy atom. The lowest BCUT2D eigenvalue weighted by Gasteiger charge is -2.39. The number of aromatic nitrogens is 1. The lowest BCUT2D eigenvalue weighted by Crippen LogP contribution is -2.59. The predicted molar refractivity (Wildman–Crippen MR) is 90.0 cm³/mol. The smallest absolute Gasteiger partial charge is 0.273 e. The van der Waals surface area contributed by atoms with Gasteiger partial charge in [0, 0.05) is 32.4 Å². The quantitative estimate of drug-likeness (QED) is 0.906. The summed E-state index contributed by atoms with van der Waals surface area (Å²) < 4.78 is 0. The molecule has 3 rings (SSSR count). The molecule has 124 valence electrons. The number of hydrogen-bond donors (Lipinski definition) is 1. The van der Waals surface area contributed by atoms with Gasteiger partial charge in [0.2, 0.25) is 5.91 Å². The molecule has 0 radical (unpaired) electrons. The molecule has 24 heavy (non-hydrogen) atoms. The SMILES string of the molecule is NC(=O)[C@@H]1CN(Cc2ccccc2)CCN1C(=O)c1ccccn1. The van der Waals surface area contributed by atoms with Crippen molar-refractivity contribution in [3.63, 3.8) is 0 Å². The third kappa shape index (κ3) is 3.60. The second-order valence-electron chi connectivity index (χ2n) is 5.85. The highest BCUT2D eigenvalue weighted by molar-refractivity contribution is 5.96. The van der Waals surface area contributed by atoms with E-state index in [1.807, 2.05) is 30.3 Å². The lowest BCUT2D eigenvalue weighted by molar-refractivity contribution is -0.124. The van der Waals surface area contributed by atoms with Crippen LogP contribution in [-0.4, -0.2) is 52.3 Å². The molecule has 1 aromatic carbocycles. The van der Waals surface area contributed by atoms with Gasteiger partial charge in [-0.05, 0) is 17.7 Å². The fraction of sp³-hybridized carbons (Fsp3) is 0.278. The first-order valence-corrected chi connectivity index (χ1v) is 7.93. The second-order valence-corrected chi connectivity index (χ2v) is 5.85. The predicted octanol–water partition coefficient (Wildman–Crippen LogP) is 0.893. The Morgan fingerprint density at radius 3 is 2.50 bits per heavy atom. The van der Waals surface area contributed by atoms with Crippen molar-refractivity contribution in [3.8, 4) is 0 Å². The molecule has 1 atom stereocenters. The molecule has 2 aromatic rings. The van der Waals surface area contributed by atoms with Crippen LogP contribution in [0.2, 0.25) is 0 Å². The van der Waals surface area contributed by atoms with Crippen molar-refractivity contribution in [2.75, 3.05) is 19.6 Å². The number of carbonyl (C=O) groups excluding carboxylic acids is 2. The molecular formula is C18H20N4O2. The van der Waals surface area contributed by atoms with Crippen LogP contribution in [0.3, 0.4) is 0 Å². The topological polar surface area (TPSA) is 79.5 Å². The number of nitrogens with zero attached hydrogens (tertiary/aromatic N) is 3. The molecule has 1 saturated heterocycles. The minimum atomic E-state index is -0.642. The first kappa shape index (κ1) is 16.1. The van der Waals surface area contributed by atoms with Crippen molar-refractivity contribution in [1.82, 2.24) is 14.8 Å². The third-order valence-corrected chi connectivity index (χ3v) is 4.19. The van der Waals surface area contributed by atoms with Crippen LogP contribution in [0, 0.1) is 0 Å². The van der Waals surface area contributed by atoms with Gasteiger partial charge >= 0.3 is 0 Å². The van der Waals surface area contributed by atoms with Gasteiger partial charge in [-0.2, -0.15) is 0 Å². The molecule has 2 N–H and O–H groups in total. The van der Waals surface area contributed by atoms with E-state index in [9.17, 15) is 9.59 Å². The highest BCUT2D eigenvalue weighted by atomic mass is 16.2. The number of piperazine rings is 1. The van der Waals surface area contributed by atoms with E-state index in [0.717, 1.165) is 6.54 Å². The Labute approximate surface area is 140 Å². The summed E-state index contributed by atoms with van der Waals surface area (Å²) in [4.78, 5) is 32.3. The van der Waals surface area contributed by atoms with E-state index in [1.165, 1.54) is 10.5 Å². The largest absolute Gasteiger partial charge is 0.368 e. The number of hydrogen-bond acceptors (Lipinski definition) is 4. The summed E-state index contributed by atoms with van der Waals surface area (Å²) in [6.07, 6.45) is 1.57. The fourth-order valence-electron chi connectivity index (χ4n) is 2.95. The molecule has 0 spiro atoms. The van der Waals surface area contributed by atoms with Crippen molar-refractivity contribution in [2.24, 2.45) is 5.73 Å². The zero-order chi connectivity index (χ0) is 16.9. The summed E-state index contributed by atoms with van der Waals surface area (Å²) >= 11 is 0. The van der Waals surface area contributed by atoms with Crippen LogP contribution in [0.1, 0.15) is 16.1 Å². The van der Waals surface area contributed by atoms with E-state index < -0.39 is 11.9 Å². The normalized spacial score (nSPS) is 18.3. The van der Waals surface area contributed by atoms with Gasteiger partial charge in [0.25, 0.3) is 5.91 Å². The van der Waals surface area contributed by atoms with Gasteiger partial charge in [-0.25, -0.2) is 0 Å². The Hall–Kier alpha value is -2.73. The first-order valence-electron chi connectivity index (χ1n) is 7.93. The maximum Gasteiger partial charge on any atom is 0.273 e. The lowest BCUT2D eigenvalue weighted by atomic mass is 10.1. The number of amides is 2. The summed E-state index contributed by atoms with van der Waals surface area (Å²) in [5.41, 5.74) is 7.05. The molecule has 6 nitrogen and oxygen atoms in total. The number of rotatable bonds is 4. The highest BCUT2D eigenvalue weighted by Gasteiger charge is 2.34. The molecule has 2 heterocycles. The van der Waals surface area contributed by atoms with E-state index in [-0.39, 0.29) is 5.91 Å². The monoisotopic (exact) mass is 324 g/mol. The molecule has 0 aliphatic carbocycles. The number of nitrogens with two attached hydrogens (primary N) is 1. The van der Waals surface area contributed by atoms with E-state index in [2.05, 4.69) is 9.88 Å². The van der Waals surface area contributed by atoms with E-state index >= 15 is 0 Å². The number of carbonyl (C=O) groups is 2. The first-order chi connectivity index (χ1) is 11.6. The molecule has 1 fully saturated rings. The summed E-state index contributed by atoms with van der Waals surface area (Å²) in [5.74, 6) is -0.740. The maximum absolute atomic E-state index is 12.6. The summed E-state index contributed by atoms with van der Waals surface area (Å²) in [6.45, 7) is 2.31. The minimum absolute atomic E-state index is 0.251. The van der Waals surface area contributed by atoms with Gasteiger partial charge in [-0.15, -0.1) is 0 Å². The zero-order valence-corrected chi connectivity index (χ0v) is 13.3. The van der Waals surface area contributed by atoms with Gasteiger partial charge in [0.15, 0.2) is 0 Å².